The van der Waals surface area contributed by atoms with Gasteiger partial charge in [-0.2, -0.15) is 0 Å². The number of hydrogen-bond donors (Lipinski definition) is 1. The van der Waals surface area contributed by atoms with E-state index in [4.69, 9.17) is 18.9 Å². The van der Waals surface area contributed by atoms with Crippen LogP contribution in [0.3, 0.4) is 0 Å². The normalized spacial score (nSPS) is 13.4. The molecule has 82 heavy (non-hydrogen) atoms. The summed E-state index contributed by atoms with van der Waals surface area (Å²) in [5.74, 6) is -2.00. The van der Waals surface area contributed by atoms with Gasteiger partial charge in [-0.25, -0.2) is 4.79 Å². The van der Waals surface area contributed by atoms with Gasteiger partial charge in [-0.15, -0.1) is 0 Å². The molecule has 470 valence electrons. The first-order valence-corrected chi connectivity index (χ1v) is 33.6. The number of likely N-dealkylation sites (N-methyl/N-ethyl adjacent to an activating group) is 1. The Kier molecular flexibility index (Phi) is 59.9. The smallest absolute Gasteiger partial charge is 0.361 e. The van der Waals surface area contributed by atoms with Crippen molar-refractivity contribution >= 4 is 17.9 Å². The van der Waals surface area contributed by atoms with Crippen LogP contribution < -0.4 is 0 Å². The van der Waals surface area contributed by atoms with Crippen molar-refractivity contribution in [2.45, 2.75) is 289 Å². The minimum Gasteiger partial charge on any atom is -0.477 e. The molecule has 0 fully saturated rings. The molecule has 2 unspecified atom stereocenters. The molecular weight excluding hydrogens is 1020 g/mol. The number of unbranched alkanes of at least 4 members (excludes halogenated alkanes) is 28. The van der Waals surface area contributed by atoms with Gasteiger partial charge in [-0.05, 0) is 83.5 Å². The first-order chi connectivity index (χ1) is 40.1. The van der Waals surface area contributed by atoms with Crippen LogP contribution in [0.15, 0.2) is 109 Å². The van der Waals surface area contributed by atoms with E-state index in [2.05, 4.69) is 123 Å². The van der Waals surface area contributed by atoms with Gasteiger partial charge in [0, 0.05) is 12.8 Å². The van der Waals surface area contributed by atoms with Crippen LogP contribution in [0.1, 0.15) is 277 Å². The van der Waals surface area contributed by atoms with Crippen LogP contribution in [-0.2, 0) is 33.3 Å². The third-order valence-electron chi connectivity index (χ3n) is 14.3. The molecule has 0 aliphatic carbocycles. The summed E-state index contributed by atoms with van der Waals surface area (Å²) in [7, 11) is 5.97. The van der Waals surface area contributed by atoms with Crippen molar-refractivity contribution in [2.75, 3.05) is 47.5 Å². The molecule has 0 spiro atoms. The number of rotatable bonds is 61. The second kappa shape index (κ2) is 63.0. The van der Waals surface area contributed by atoms with E-state index in [-0.39, 0.29) is 32.2 Å². The molecule has 1 N–H and O–H groups in total. The van der Waals surface area contributed by atoms with Crippen molar-refractivity contribution < 1.29 is 42.9 Å². The minimum atomic E-state index is -1.51. The zero-order chi connectivity index (χ0) is 59.8. The fraction of sp³-hybridized carbons (Fsp3) is 0.712. The Morgan fingerprint density at radius 1 is 0.378 bits per heavy atom. The number of carbonyl (C=O) groups is 3. The number of hydrogen-bond acceptors (Lipinski definition) is 7. The second-order valence-electron chi connectivity index (χ2n) is 23.4. The van der Waals surface area contributed by atoms with Gasteiger partial charge in [-0.3, -0.25) is 9.59 Å². The van der Waals surface area contributed by atoms with Crippen molar-refractivity contribution in [3.05, 3.63) is 109 Å². The van der Waals surface area contributed by atoms with E-state index in [1.165, 1.54) is 141 Å². The Labute approximate surface area is 505 Å². The number of aliphatic carboxylic acids is 1. The van der Waals surface area contributed by atoms with Crippen molar-refractivity contribution in [1.82, 2.24) is 0 Å². The molecule has 0 aliphatic rings. The number of carbonyl (C=O) groups excluding carboxylic acids is 2. The molecule has 0 radical (unpaired) electrons. The van der Waals surface area contributed by atoms with E-state index in [9.17, 15) is 19.5 Å². The van der Waals surface area contributed by atoms with Crippen LogP contribution in [0, 0.1) is 0 Å². The third-order valence-corrected chi connectivity index (χ3v) is 14.3. The maximum absolute atomic E-state index is 12.9. The van der Waals surface area contributed by atoms with Crippen LogP contribution >= 0.6 is 0 Å². The highest BCUT2D eigenvalue weighted by molar-refractivity contribution is 5.71. The summed E-state index contributed by atoms with van der Waals surface area (Å²) >= 11 is 0. The predicted molar refractivity (Wildman–Crippen MR) is 350 cm³/mol. The van der Waals surface area contributed by atoms with Crippen molar-refractivity contribution in [2.24, 2.45) is 0 Å². The van der Waals surface area contributed by atoms with Gasteiger partial charge in [0.05, 0.1) is 34.4 Å². The van der Waals surface area contributed by atoms with E-state index in [1.54, 1.807) is 0 Å². The molecule has 0 rings (SSSR count). The van der Waals surface area contributed by atoms with Gasteiger partial charge < -0.3 is 28.5 Å². The summed E-state index contributed by atoms with van der Waals surface area (Å²) in [5.41, 5.74) is 0. The fourth-order valence-electron chi connectivity index (χ4n) is 9.18. The van der Waals surface area contributed by atoms with Gasteiger partial charge >= 0.3 is 17.9 Å². The Morgan fingerprint density at radius 2 is 0.695 bits per heavy atom. The summed E-state index contributed by atoms with van der Waals surface area (Å²) in [6.07, 6.45) is 84.7. The lowest BCUT2D eigenvalue weighted by atomic mass is 10.0. The van der Waals surface area contributed by atoms with E-state index >= 15 is 0 Å². The fourth-order valence-corrected chi connectivity index (χ4v) is 9.18. The number of ether oxygens (including phenoxy) is 4. The lowest BCUT2D eigenvalue weighted by Gasteiger charge is -2.25. The minimum absolute atomic E-state index is 0.184. The van der Waals surface area contributed by atoms with E-state index in [0.29, 0.717) is 23.9 Å². The lowest BCUT2D eigenvalue weighted by Crippen LogP contribution is -2.40. The molecule has 0 aromatic heterocycles. The molecule has 0 aliphatic heterocycles. The number of carboxylic acids is 1. The number of nitrogens with zero attached hydrogens (tertiary/aromatic N) is 1. The number of esters is 2. The summed E-state index contributed by atoms with van der Waals surface area (Å²) < 4.78 is 22.9. The number of carboxylic acid groups (broad SMARTS) is 1. The molecule has 0 aromatic rings. The Hall–Kier alpha value is -4.05. The molecule has 0 saturated heterocycles. The maximum atomic E-state index is 12.9. The lowest BCUT2D eigenvalue weighted by molar-refractivity contribution is -0.870. The molecule has 9 heteroatoms. The predicted octanol–water partition coefficient (Wildman–Crippen LogP) is 20.6. The highest BCUT2D eigenvalue weighted by Crippen LogP contribution is 2.17. The molecule has 2 atom stereocenters. The van der Waals surface area contributed by atoms with Crippen molar-refractivity contribution in [3.63, 3.8) is 0 Å². The van der Waals surface area contributed by atoms with Crippen LogP contribution in [0.25, 0.3) is 0 Å². The van der Waals surface area contributed by atoms with Crippen LogP contribution in [0.4, 0.5) is 0 Å². The van der Waals surface area contributed by atoms with Crippen molar-refractivity contribution in [3.8, 4) is 0 Å². The largest absolute Gasteiger partial charge is 0.477 e. The first-order valence-electron chi connectivity index (χ1n) is 33.6. The molecular formula is C73H126NO8+. The quantitative estimate of drug-likeness (QED) is 0.0211. The third kappa shape index (κ3) is 63.5. The topological polar surface area (TPSA) is 108 Å². The zero-order valence-electron chi connectivity index (χ0n) is 53.6. The Morgan fingerprint density at radius 3 is 1.04 bits per heavy atom. The van der Waals surface area contributed by atoms with E-state index in [1.807, 2.05) is 21.1 Å². The highest BCUT2D eigenvalue weighted by Gasteiger charge is 2.25. The average Bonchev–Trinajstić information content (AvgIpc) is 3.45. The van der Waals surface area contributed by atoms with E-state index in [0.717, 1.165) is 103 Å². The molecule has 0 bridgehead atoms. The maximum Gasteiger partial charge on any atom is 0.361 e. The zero-order valence-corrected chi connectivity index (χ0v) is 53.6. The molecule has 9 nitrogen and oxygen atoms in total. The van der Waals surface area contributed by atoms with Crippen LogP contribution in [0.2, 0.25) is 0 Å². The molecule has 0 heterocycles. The van der Waals surface area contributed by atoms with Gasteiger partial charge in [0.25, 0.3) is 6.29 Å². The van der Waals surface area contributed by atoms with Gasteiger partial charge in [-0.1, -0.05) is 290 Å². The monoisotopic (exact) mass is 1140 g/mol. The number of allylic oxidation sites excluding steroid dienone is 18. The standard InChI is InChI=1S/C73H125NO8/c1-6-8-10-12-14-16-18-20-22-24-26-27-28-29-30-31-32-33-34-35-36-37-38-39-40-41-42-43-44-45-46-48-50-52-54-56-58-60-62-64-71(76)82-69(68-81-73(72(77)78)79-66-65-74(3,4)5)67-80-70(75)63-61-59-57-55-53-51-49-47-25-23-21-19-17-15-13-11-9-7-2/h8,10,14,16,20,22,26-27,29-30,32-33,35-36,38-39,41-42,69,73H,6-7,9,11-13,15,17-19,21,23-25,28,31,34,37,40,43-68H2,1-5H3/p+1/b10-8-,16-14-,22-20-,27-26-,30-29-,33-32-,36-35-,39-38-,42-41-. The molecule has 0 amide bonds. The van der Waals surface area contributed by atoms with Crippen LogP contribution in [-0.4, -0.2) is 87.4 Å². The Bertz CT molecular complexity index is 1710. The SMILES string of the molecule is CC/C=C\C/C=C\C/C=C\C/C=C\C/C=C\C/C=C\C/C=C\C/C=C\C/C=C\CCCCCCCCCCCCCC(=O)OC(COC(=O)CCCCCCCCCCCCCCCCCCCC)COC(OCC[N+](C)(C)C)C(=O)O. The molecule has 0 saturated carbocycles. The first kappa shape index (κ1) is 78.0. The van der Waals surface area contributed by atoms with E-state index < -0.39 is 24.3 Å². The van der Waals surface area contributed by atoms with Gasteiger partial charge in [0.2, 0.25) is 0 Å². The second-order valence-corrected chi connectivity index (χ2v) is 23.4. The van der Waals surface area contributed by atoms with Gasteiger partial charge in [0.1, 0.15) is 13.2 Å². The summed E-state index contributed by atoms with van der Waals surface area (Å²) in [4.78, 5) is 37.5. The van der Waals surface area contributed by atoms with Gasteiger partial charge in [0.15, 0.2) is 6.10 Å². The number of quaternary nitrogens is 1. The average molecular weight is 1150 g/mol. The highest BCUT2D eigenvalue weighted by atomic mass is 16.7. The molecule has 0 aromatic carbocycles. The summed E-state index contributed by atoms with van der Waals surface area (Å²) in [5, 5.41) is 9.73. The Balaban J connectivity index is 4.13. The summed E-state index contributed by atoms with van der Waals surface area (Å²) in [6, 6.07) is 0. The summed E-state index contributed by atoms with van der Waals surface area (Å²) in [6.45, 7) is 4.78. The van der Waals surface area contributed by atoms with Crippen molar-refractivity contribution in [1.29, 1.82) is 0 Å². The van der Waals surface area contributed by atoms with Crippen LogP contribution in [0.5, 0.6) is 0 Å².